The first-order valence-corrected chi connectivity index (χ1v) is 8.02. The van der Waals surface area contributed by atoms with Crippen molar-refractivity contribution in [3.63, 3.8) is 0 Å². The molecular weight excluding hydrogens is 286 g/mol. The molecule has 0 unspecified atom stereocenters. The molecule has 4 nitrogen and oxygen atoms in total. The van der Waals surface area contributed by atoms with Crippen molar-refractivity contribution in [2.24, 2.45) is 10.7 Å². The summed E-state index contributed by atoms with van der Waals surface area (Å²) in [5.74, 6) is 0.427. The molecule has 0 saturated carbocycles. The van der Waals surface area contributed by atoms with Gasteiger partial charge in [0.2, 0.25) is 0 Å². The predicted molar refractivity (Wildman–Crippen MR) is 96.5 cm³/mol. The van der Waals surface area contributed by atoms with Crippen LogP contribution in [0.1, 0.15) is 30.5 Å². The van der Waals surface area contributed by atoms with Crippen LogP contribution in [0.3, 0.4) is 0 Å². The molecule has 0 saturated heterocycles. The minimum Gasteiger partial charge on any atom is -0.377 e. The van der Waals surface area contributed by atoms with Crippen LogP contribution in [0.25, 0.3) is 0 Å². The average molecular weight is 311 g/mol. The molecule has 0 atom stereocenters. The number of nitrogens with two attached hydrogens (primary N) is 1. The molecule has 0 bridgehead atoms. The van der Waals surface area contributed by atoms with Gasteiger partial charge in [-0.1, -0.05) is 43.3 Å². The zero-order valence-electron chi connectivity index (χ0n) is 13.9. The van der Waals surface area contributed by atoms with E-state index in [0.717, 1.165) is 24.3 Å². The number of guanidine groups is 1. The van der Waals surface area contributed by atoms with Gasteiger partial charge in [-0.3, -0.25) is 0 Å². The van der Waals surface area contributed by atoms with Crippen molar-refractivity contribution >= 4 is 11.6 Å². The first kappa shape index (κ1) is 17.0. The molecule has 2 aromatic rings. The number of nitrogens with one attached hydrogen (secondary N) is 1. The zero-order chi connectivity index (χ0) is 16.5. The standard InChI is InChI=1S/C19H25N3O/c1-3-15-6-5-7-18(12-15)22-19(20)21-13-16-8-10-17(11-9-16)14-23-4-2/h5-12H,3-4,13-14H2,1-2H3,(H3,20,21,22). The van der Waals surface area contributed by atoms with Crippen molar-refractivity contribution in [1.29, 1.82) is 0 Å². The van der Waals surface area contributed by atoms with E-state index in [1.807, 2.05) is 19.1 Å². The molecule has 4 heteroatoms. The number of hydrogen-bond acceptors (Lipinski definition) is 2. The Hall–Kier alpha value is -2.33. The van der Waals surface area contributed by atoms with Gasteiger partial charge in [0.1, 0.15) is 0 Å². The maximum atomic E-state index is 5.96. The van der Waals surface area contributed by atoms with E-state index in [9.17, 15) is 0 Å². The minimum absolute atomic E-state index is 0.427. The highest BCUT2D eigenvalue weighted by atomic mass is 16.5. The van der Waals surface area contributed by atoms with E-state index in [-0.39, 0.29) is 0 Å². The SMILES string of the molecule is CCOCc1ccc(CN=C(N)Nc2cccc(CC)c2)cc1. The number of rotatable bonds is 7. The molecule has 0 amide bonds. The summed E-state index contributed by atoms with van der Waals surface area (Å²) in [5.41, 5.74) is 10.5. The van der Waals surface area contributed by atoms with E-state index in [1.54, 1.807) is 0 Å². The largest absolute Gasteiger partial charge is 0.377 e. The van der Waals surface area contributed by atoms with Gasteiger partial charge >= 0.3 is 0 Å². The molecule has 0 spiro atoms. The molecule has 0 radical (unpaired) electrons. The van der Waals surface area contributed by atoms with Crippen LogP contribution in [-0.4, -0.2) is 12.6 Å². The normalized spacial score (nSPS) is 11.5. The van der Waals surface area contributed by atoms with Crippen LogP contribution in [0, 0.1) is 0 Å². The van der Waals surface area contributed by atoms with Gasteiger partial charge in [0.05, 0.1) is 13.2 Å². The third-order valence-electron chi connectivity index (χ3n) is 3.54. The van der Waals surface area contributed by atoms with Crippen molar-refractivity contribution in [3.05, 3.63) is 65.2 Å². The van der Waals surface area contributed by atoms with Crippen LogP contribution in [0.2, 0.25) is 0 Å². The van der Waals surface area contributed by atoms with Crippen molar-refractivity contribution < 1.29 is 4.74 Å². The molecule has 0 aliphatic carbocycles. The predicted octanol–water partition coefficient (Wildman–Crippen LogP) is 3.71. The first-order valence-electron chi connectivity index (χ1n) is 8.02. The number of ether oxygens (including phenoxy) is 1. The Morgan fingerprint density at radius 3 is 2.48 bits per heavy atom. The summed E-state index contributed by atoms with van der Waals surface area (Å²) in [6, 6.07) is 16.4. The van der Waals surface area contributed by atoms with Crippen molar-refractivity contribution in [1.82, 2.24) is 0 Å². The molecule has 122 valence electrons. The van der Waals surface area contributed by atoms with E-state index in [0.29, 0.717) is 19.1 Å². The summed E-state index contributed by atoms with van der Waals surface area (Å²) in [6.45, 7) is 6.06. The molecule has 3 N–H and O–H groups in total. The molecule has 2 aromatic carbocycles. The van der Waals surface area contributed by atoms with E-state index in [4.69, 9.17) is 10.5 Å². The van der Waals surface area contributed by atoms with Crippen molar-refractivity contribution in [3.8, 4) is 0 Å². The lowest BCUT2D eigenvalue weighted by Gasteiger charge is -2.07. The highest BCUT2D eigenvalue weighted by Crippen LogP contribution is 2.11. The molecular formula is C19H25N3O. The van der Waals surface area contributed by atoms with Gasteiger partial charge in [0, 0.05) is 12.3 Å². The Labute approximate surface area is 138 Å². The van der Waals surface area contributed by atoms with E-state index >= 15 is 0 Å². The molecule has 0 fully saturated rings. The summed E-state index contributed by atoms with van der Waals surface area (Å²) in [4.78, 5) is 4.39. The van der Waals surface area contributed by atoms with Gasteiger partial charge < -0.3 is 15.8 Å². The van der Waals surface area contributed by atoms with Crippen LogP contribution < -0.4 is 11.1 Å². The Morgan fingerprint density at radius 2 is 1.78 bits per heavy atom. The smallest absolute Gasteiger partial charge is 0.193 e. The maximum Gasteiger partial charge on any atom is 0.193 e. The van der Waals surface area contributed by atoms with Gasteiger partial charge in [-0.2, -0.15) is 0 Å². The van der Waals surface area contributed by atoms with Crippen LogP contribution >= 0.6 is 0 Å². The topological polar surface area (TPSA) is 59.6 Å². The lowest BCUT2D eigenvalue weighted by atomic mass is 10.1. The van der Waals surface area contributed by atoms with Gasteiger partial charge in [0.25, 0.3) is 0 Å². The number of hydrogen-bond donors (Lipinski definition) is 2. The molecule has 0 aromatic heterocycles. The number of aryl methyl sites for hydroxylation is 1. The number of nitrogens with zero attached hydrogens (tertiary/aromatic N) is 1. The second-order valence-corrected chi connectivity index (χ2v) is 5.33. The minimum atomic E-state index is 0.427. The summed E-state index contributed by atoms with van der Waals surface area (Å²) in [5, 5.41) is 3.13. The lowest BCUT2D eigenvalue weighted by Crippen LogP contribution is -2.22. The van der Waals surface area contributed by atoms with E-state index in [2.05, 4.69) is 53.6 Å². The van der Waals surface area contributed by atoms with Crippen LogP contribution in [-0.2, 0) is 24.3 Å². The quantitative estimate of drug-likeness (QED) is 0.605. The second kappa shape index (κ2) is 8.96. The van der Waals surface area contributed by atoms with Crippen LogP contribution in [0.5, 0.6) is 0 Å². The fraction of sp³-hybridized carbons (Fsp3) is 0.316. The Morgan fingerprint density at radius 1 is 1.04 bits per heavy atom. The summed E-state index contributed by atoms with van der Waals surface area (Å²) in [6.07, 6.45) is 1.00. The second-order valence-electron chi connectivity index (χ2n) is 5.33. The number of anilines is 1. The molecule has 0 aliphatic heterocycles. The van der Waals surface area contributed by atoms with Gasteiger partial charge in [0.15, 0.2) is 5.96 Å². The lowest BCUT2D eigenvalue weighted by molar-refractivity contribution is 0.134. The number of benzene rings is 2. The van der Waals surface area contributed by atoms with E-state index in [1.165, 1.54) is 11.1 Å². The third-order valence-corrected chi connectivity index (χ3v) is 3.54. The van der Waals surface area contributed by atoms with Crippen LogP contribution in [0.4, 0.5) is 5.69 Å². The fourth-order valence-corrected chi connectivity index (χ4v) is 2.19. The highest BCUT2D eigenvalue weighted by Gasteiger charge is 1.98. The molecule has 0 heterocycles. The summed E-state index contributed by atoms with van der Waals surface area (Å²) >= 11 is 0. The van der Waals surface area contributed by atoms with Gasteiger partial charge in [-0.15, -0.1) is 0 Å². The maximum absolute atomic E-state index is 5.96. The fourth-order valence-electron chi connectivity index (χ4n) is 2.19. The Bertz CT molecular complexity index is 635. The Kier molecular flexibility index (Phi) is 6.63. The van der Waals surface area contributed by atoms with Gasteiger partial charge in [-0.25, -0.2) is 4.99 Å². The zero-order valence-corrected chi connectivity index (χ0v) is 13.9. The van der Waals surface area contributed by atoms with Crippen molar-refractivity contribution in [2.45, 2.75) is 33.4 Å². The van der Waals surface area contributed by atoms with E-state index < -0.39 is 0 Å². The summed E-state index contributed by atoms with van der Waals surface area (Å²) in [7, 11) is 0. The molecule has 0 aliphatic rings. The monoisotopic (exact) mass is 311 g/mol. The van der Waals surface area contributed by atoms with Crippen LogP contribution in [0.15, 0.2) is 53.5 Å². The molecule has 2 rings (SSSR count). The molecule has 23 heavy (non-hydrogen) atoms. The summed E-state index contributed by atoms with van der Waals surface area (Å²) < 4.78 is 5.39. The first-order chi connectivity index (χ1) is 11.2. The van der Waals surface area contributed by atoms with Gasteiger partial charge in [-0.05, 0) is 42.2 Å². The van der Waals surface area contributed by atoms with Crippen molar-refractivity contribution in [2.75, 3.05) is 11.9 Å². The third kappa shape index (κ3) is 5.75. The number of aliphatic imine (C=N–C) groups is 1. The highest BCUT2D eigenvalue weighted by molar-refractivity contribution is 5.92. The Balaban J connectivity index is 1.90. The average Bonchev–Trinajstić information content (AvgIpc) is 2.59.